The molecule has 0 radical (unpaired) electrons. The highest BCUT2D eigenvalue weighted by molar-refractivity contribution is 5.79. The van der Waals surface area contributed by atoms with Crippen molar-refractivity contribution in [2.24, 2.45) is 0 Å². The molecule has 0 fully saturated rings. The first-order chi connectivity index (χ1) is 11.6. The molecule has 1 aliphatic heterocycles. The first kappa shape index (κ1) is 16.6. The van der Waals surface area contributed by atoms with E-state index >= 15 is 0 Å². The summed E-state index contributed by atoms with van der Waals surface area (Å²) in [6.07, 6.45) is 0.183. The van der Waals surface area contributed by atoms with E-state index in [1.54, 1.807) is 17.0 Å². The zero-order valence-electron chi connectivity index (χ0n) is 13.9. The van der Waals surface area contributed by atoms with Crippen LogP contribution in [0.25, 0.3) is 0 Å². The monoisotopic (exact) mass is 332 g/mol. The minimum Gasteiger partial charge on any atom is -0.374 e. The number of benzene rings is 1. The molecule has 1 aliphatic rings. The van der Waals surface area contributed by atoms with E-state index in [4.69, 9.17) is 4.74 Å². The minimum atomic E-state index is -0.327. The third-order valence-electron chi connectivity index (χ3n) is 4.26. The van der Waals surface area contributed by atoms with Crippen LogP contribution in [-0.4, -0.2) is 38.7 Å². The summed E-state index contributed by atoms with van der Waals surface area (Å²) in [5, 5.41) is 8.40. The van der Waals surface area contributed by atoms with Gasteiger partial charge in [-0.05, 0) is 31.5 Å². The SMILES string of the molecule is CCOCc1nnc2n1CCN(C(=O)Cc1cccc(F)c1)C2C. The molecule has 1 amide bonds. The van der Waals surface area contributed by atoms with Gasteiger partial charge in [0.2, 0.25) is 5.91 Å². The lowest BCUT2D eigenvalue weighted by Gasteiger charge is -2.33. The van der Waals surface area contributed by atoms with Gasteiger partial charge < -0.3 is 14.2 Å². The van der Waals surface area contributed by atoms with Crippen LogP contribution in [0.5, 0.6) is 0 Å². The fourth-order valence-corrected chi connectivity index (χ4v) is 3.01. The highest BCUT2D eigenvalue weighted by atomic mass is 19.1. The van der Waals surface area contributed by atoms with Crippen molar-refractivity contribution in [1.29, 1.82) is 0 Å². The number of nitrogens with zero attached hydrogens (tertiary/aromatic N) is 4. The molecule has 1 atom stereocenters. The third-order valence-corrected chi connectivity index (χ3v) is 4.26. The number of aromatic nitrogens is 3. The van der Waals surface area contributed by atoms with E-state index in [1.165, 1.54) is 12.1 Å². The van der Waals surface area contributed by atoms with E-state index < -0.39 is 0 Å². The first-order valence-electron chi connectivity index (χ1n) is 8.13. The molecule has 0 N–H and O–H groups in total. The van der Waals surface area contributed by atoms with Crippen LogP contribution >= 0.6 is 0 Å². The molecule has 0 bridgehead atoms. The molecule has 7 heteroatoms. The van der Waals surface area contributed by atoms with Crippen molar-refractivity contribution in [1.82, 2.24) is 19.7 Å². The van der Waals surface area contributed by atoms with Gasteiger partial charge in [0, 0.05) is 19.7 Å². The molecule has 1 aromatic carbocycles. The molecule has 6 nitrogen and oxygen atoms in total. The molecule has 1 unspecified atom stereocenters. The quantitative estimate of drug-likeness (QED) is 0.841. The van der Waals surface area contributed by atoms with E-state index in [2.05, 4.69) is 10.2 Å². The topological polar surface area (TPSA) is 60.3 Å². The van der Waals surface area contributed by atoms with Gasteiger partial charge in [0.15, 0.2) is 11.6 Å². The second-order valence-electron chi connectivity index (χ2n) is 5.83. The van der Waals surface area contributed by atoms with E-state index in [0.717, 1.165) is 11.6 Å². The van der Waals surface area contributed by atoms with Crippen molar-refractivity contribution in [3.63, 3.8) is 0 Å². The first-order valence-corrected chi connectivity index (χ1v) is 8.13. The maximum atomic E-state index is 13.3. The Bertz CT molecular complexity index is 731. The van der Waals surface area contributed by atoms with Crippen LogP contribution in [0.1, 0.15) is 37.1 Å². The largest absolute Gasteiger partial charge is 0.374 e. The number of amides is 1. The summed E-state index contributed by atoms with van der Waals surface area (Å²) in [5.74, 6) is 1.19. The Morgan fingerprint density at radius 2 is 2.21 bits per heavy atom. The van der Waals surface area contributed by atoms with Crippen LogP contribution < -0.4 is 0 Å². The van der Waals surface area contributed by atoms with E-state index in [-0.39, 0.29) is 24.2 Å². The summed E-state index contributed by atoms with van der Waals surface area (Å²) < 4.78 is 20.7. The van der Waals surface area contributed by atoms with Crippen molar-refractivity contribution in [3.05, 3.63) is 47.3 Å². The number of rotatable bonds is 5. The minimum absolute atomic E-state index is 0.0336. The number of carbonyl (C=O) groups excluding carboxylic acids is 1. The smallest absolute Gasteiger partial charge is 0.227 e. The van der Waals surface area contributed by atoms with Gasteiger partial charge in [-0.2, -0.15) is 0 Å². The molecule has 128 valence electrons. The Morgan fingerprint density at radius 3 is 2.96 bits per heavy atom. The normalized spacial score (nSPS) is 17.0. The fraction of sp³-hybridized carbons (Fsp3) is 0.471. The van der Waals surface area contributed by atoms with Crippen LogP contribution in [0.2, 0.25) is 0 Å². The predicted molar refractivity (Wildman–Crippen MR) is 85.6 cm³/mol. The summed E-state index contributed by atoms with van der Waals surface area (Å²) >= 11 is 0. The lowest BCUT2D eigenvalue weighted by molar-refractivity contribution is -0.133. The van der Waals surface area contributed by atoms with Crippen molar-refractivity contribution in [2.45, 2.75) is 39.5 Å². The highest BCUT2D eigenvalue weighted by Gasteiger charge is 2.31. The number of fused-ring (bicyclic) bond motifs is 1. The molecule has 1 aromatic heterocycles. The molecule has 0 spiro atoms. The van der Waals surface area contributed by atoms with E-state index in [9.17, 15) is 9.18 Å². The number of halogens is 1. The molecule has 2 aromatic rings. The number of ether oxygens (including phenoxy) is 1. The van der Waals surface area contributed by atoms with Crippen molar-refractivity contribution < 1.29 is 13.9 Å². The van der Waals surface area contributed by atoms with Crippen LogP contribution in [-0.2, 0) is 29.1 Å². The second-order valence-corrected chi connectivity index (χ2v) is 5.83. The molecule has 2 heterocycles. The van der Waals surface area contributed by atoms with Crippen LogP contribution in [0.15, 0.2) is 24.3 Å². The summed E-state index contributed by atoms with van der Waals surface area (Å²) in [6.45, 7) is 6.14. The molecule has 0 saturated carbocycles. The van der Waals surface area contributed by atoms with Gasteiger partial charge in [0.05, 0.1) is 12.5 Å². The van der Waals surface area contributed by atoms with E-state index in [1.807, 2.05) is 18.4 Å². The Hall–Kier alpha value is -2.28. The highest BCUT2D eigenvalue weighted by Crippen LogP contribution is 2.25. The Balaban J connectivity index is 1.72. The average Bonchev–Trinajstić information content (AvgIpc) is 2.97. The Morgan fingerprint density at radius 1 is 1.38 bits per heavy atom. The van der Waals surface area contributed by atoms with Gasteiger partial charge in [-0.1, -0.05) is 12.1 Å². The van der Waals surface area contributed by atoms with Gasteiger partial charge in [-0.15, -0.1) is 10.2 Å². The van der Waals surface area contributed by atoms with Crippen LogP contribution in [0, 0.1) is 5.82 Å². The molecular formula is C17H21FN4O2. The standard InChI is InChI=1S/C17H21FN4O2/c1-3-24-11-15-19-20-17-12(2)21(7-8-22(15)17)16(23)10-13-5-4-6-14(18)9-13/h4-6,9,12H,3,7-8,10-11H2,1-2H3. The maximum absolute atomic E-state index is 13.3. The lowest BCUT2D eigenvalue weighted by atomic mass is 10.1. The van der Waals surface area contributed by atoms with Gasteiger partial charge >= 0.3 is 0 Å². The Labute approximate surface area is 140 Å². The molecule has 24 heavy (non-hydrogen) atoms. The molecule has 3 rings (SSSR count). The van der Waals surface area contributed by atoms with Gasteiger partial charge in [-0.25, -0.2) is 4.39 Å². The molecule has 0 aliphatic carbocycles. The van der Waals surface area contributed by atoms with E-state index in [0.29, 0.717) is 31.9 Å². The third kappa shape index (κ3) is 3.31. The van der Waals surface area contributed by atoms with Gasteiger partial charge in [0.1, 0.15) is 12.4 Å². The van der Waals surface area contributed by atoms with Crippen LogP contribution in [0.3, 0.4) is 0 Å². The Kier molecular flexibility index (Phi) is 4.89. The van der Waals surface area contributed by atoms with Crippen LogP contribution in [0.4, 0.5) is 4.39 Å². The second kappa shape index (κ2) is 7.09. The summed E-state index contributed by atoms with van der Waals surface area (Å²) in [4.78, 5) is 14.4. The molecular weight excluding hydrogens is 311 g/mol. The average molecular weight is 332 g/mol. The molecule has 0 saturated heterocycles. The summed E-state index contributed by atoms with van der Waals surface area (Å²) in [5.41, 5.74) is 0.677. The van der Waals surface area contributed by atoms with Crippen molar-refractivity contribution >= 4 is 5.91 Å². The summed E-state index contributed by atoms with van der Waals surface area (Å²) in [6, 6.07) is 5.99. The summed E-state index contributed by atoms with van der Waals surface area (Å²) in [7, 11) is 0. The fourth-order valence-electron chi connectivity index (χ4n) is 3.01. The maximum Gasteiger partial charge on any atom is 0.227 e. The van der Waals surface area contributed by atoms with Gasteiger partial charge in [0.25, 0.3) is 0 Å². The van der Waals surface area contributed by atoms with Gasteiger partial charge in [-0.3, -0.25) is 4.79 Å². The zero-order valence-corrected chi connectivity index (χ0v) is 13.9. The van der Waals surface area contributed by atoms with Crippen molar-refractivity contribution in [3.8, 4) is 0 Å². The number of hydrogen-bond donors (Lipinski definition) is 0. The number of hydrogen-bond acceptors (Lipinski definition) is 4. The lowest BCUT2D eigenvalue weighted by Crippen LogP contribution is -2.42. The zero-order chi connectivity index (χ0) is 17.1. The van der Waals surface area contributed by atoms with Crippen molar-refractivity contribution in [2.75, 3.05) is 13.2 Å². The predicted octanol–water partition coefficient (Wildman–Crippen LogP) is 2.10. The number of carbonyl (C=O) groups is 1.